The summed E-state index contributed by atoms with van der Waals surface area (Å²) in [5.41, 5.74) is 1.88. The van der Waals surface area contributed by atoms with E-state index in [1.54, 1.807) is 36.4 Å². The first-order valence-corrected chi connectivity index (χ1v) is 12.8. The Balaban J connectivity index is 1.61. The molecule has 1 saturated heterocycles. The Hall–Kier alpha value is -3.17. The third-order valence-electron chi connectivity index (χ3n) is 5.98. The summed E-state index contributed by atoms with van der Waals surface area (Å²) in [7, 11) is -3.63. The Labute approximate surface area is 198 Å². The van der Waals surface area contributed by atoms with Crippen molar-refractivity contribution in [1.82, 2.24) is 14.3 Å². The third-order valence-corrected chi connectivity index (χ3v) is 7.83. The van der Waals surface area contributed by atoms with Gasteiger partial charge in [0.2, 0.25) is 10.0 Å². The summed E-state index contributed by atoms with van der Waals surface area (Å²) in [5.74, 6) is -1.28. The number of rotatable bonds is 8. The molecule has 0 bridgehead atoms. The zero-order chi connectivity index (χ0) is 24.1. The van der Waals surface area contributed by atoms with Crippen LogP contribution in [-0.4, -0.2) is 40.3 Å². The molecule has 1 N–H and O–H groups in total. The van der Waals surface area contributed by atoms with E-state index >= 15 is 0 Å². The lowest BCUT2D eigenvalue weighted by atomic mass is 10.0. The van der Waals surface area contributed by atoms with E-state index in [0.29, 0.717) is 42.9 Å². The van der Waals surface area contributed by atoms with Crippen LogP contribution in [0.4, 0.5) is 4.39 Å². The van der Waals surface area contributed by atoms with Gasteiger partial charge in [-0.1, -0.05) is 48.9 Å². The predicted molar refractivity (Wildman–Crippen MR) is 125 cm³/mol. The van der Waals surface area contributed by atoms with Crippen LogP contribution in [0.1, 0.15) is 58.3 Å². The lowest BCUT2D eigenvalue weighted by molar-refractivity contribution is 0.0694. The molecule has 1 fully saturated rings. The molecule has 0 aliphatic carbocycles. The molecule has 9 heteroatoms. The Morgan fingerprint density at radius 3 is 2.47 bits per heavy atom. The summed E-state index contributed by atoms with van der Waals surface area (Å²) in [6.45, 7) is 0.370. The highest BCUT2D eigenvalue weighted by Crippen LogP contribution is 2.33. The molecule has 1 aromatic heterocycles. The minimum Gasteiger partial charge on any atom is -0.478 e. The number of aromatic nitrogens is 2. The Kier molecular flexibility index (Phi) is 7.33. The van der Waals surface area contributed by atoms with E-state index in [4.69, 9.17) is 0 Å². The van der Waals surface area contributed by atoms with E-state index in [9.17, 15) is 22.7 Å². The second-order valence-corrected chi connectivity index (χ2v) is 10.3. The summed E-state index contributed by atoms with van der Waals surface area (Å²) >= 11 is 0. The van der Waals surface area contributed by atoms with Crippen LogP contribution in [-0.2, 0) is 28.6 Å². The molecule has 178 valence electrons. The number of sulfonamides is 1. The number of carboxylic acid groups (broad SMARTS) is 1. The van der Waals surface area contributed by atoms with Gasteiger partial charge in [-0.2, -0.15) is 4.31 Å². The zero-order valence-electron chi connectivity index (χ0n) is 18.6. The molecule has 34 heavy (non-hydrogen) atoms. The van der Waals surface area contributed by atoms with Crippen molar-refractivity contribution in [2.75, 3.05) is 6.54 Å². The van der Waals surface area contributed by atoms with Gasteiger partial charge in [0, 0.05) is 12.7 Å². The largest absolute Gasteiger partial charge is 0.478 e. The fourth-order valence-corrected chi connectivity index (χ4v) is 6.01. The second kappa shape index (κ2) is 10.4. The zero-order valence-corrected chi connectivity index (χ0v) is 19.4. The quantitative estimate of drug-likeness (QED) is 0.517. The SMILES string of the molecule is O=C(O)c1cnc([C@@H]2CCCCN2S(=O)(=O)Cc2ccccc2)nc1CCc1ccc(F)cc1. The Morgan fingerprint density at radius 1 is 1.03 bits per heavy atom. The summed E-state index contributed by atoms with van der Waals surface area (Å²) < 4.78 is 41.2. The number of carboxylic acids is 1. The highest BCUT2D eigenvalue weighted by atomic mass is 32.2. The van der Waals surface area contributed by atoms with Crippen LogP contribution in [0.5, 0.6) is 0 Å². The topological polar surface area (TPSA) is 100 Å². The van der Waals surface area contributed by atoms with Crippen molar-refractivity contribution in [1.29, 1.82) is 0 Å². The molecule has 0 unspecified atom stereocenters. The highest BCUT2D eigenvalue weighted by Gasteiger charge is 2.35. The lowest BCUT2D eigenvalue weighted by Gasteiger charge is -2.34. The van der Waals surface area contributed by atoms with Crippen molar-refractivity contribution >= 4 is 16.0 Å². The van der Waals surface area contributed by atoms with Gasteiger partial charge < -0.3 is 5.11 Å². The molecule has 2 heterocycles. The Bertz CT molecular complexity index is 1250. The molecule has 1 aliphatic heterocycles. The van der Waals surface area contributed by atoms with Gasteiger partial charge in [0.25, 0.3) is 0 Å². The monoisotopic (exact) mass is 483 g/mol. The molecule has 0 spiro atoms. The van der Waals surface area contributed by atoms with Crippen LogP contribution in [0.2, 0.25) is 0 Å². The molecule has 7 nitrogen and oxygen atoms in total. The smallest absolute Gasteiger partial charge is 0.339 e. The van der Waals surface area contributed by atoms with Crippen molar-refractivity contribution in [2.24, 2.45) is 0 Å². The number of hydrogen-bond donors (Lipinski definition) is 1. The number of benzene rings is 2. The maximum Gasteiger partial charge on any atom is 0.339 e. The standard InChI is InChI=1S/C25H26FN3O4S/c26-20-12-9-18(10-13-20)11-14-22-21(25(30)31)16-27-24(28-22)23-8-4-5-15-29(23)34(32,33)17-19-6-2-1-3-7-19/h1-3,6-7,9-10,12-13,16,23H,4-5,8,11,14-15,17H2,(H,30,31)/t23-/m0/s1. The maximum absolute atomic E-state index is 13.3. The van der Waals surface area contributed by atoms with Gasteiger partial charge in [-0.25, -0.2) is 27.6 Å². The van der Waals surface area contributed by atoms with E-state index in [1.165, 1.54) is 22.6 Å². The highest BCUT2D eigenvalue weighted by molar-refractivity contribution is 7.88. The average molecular weight is 484 g/mol. The number of hydrogen-bond acceptors (Lipinski definition) is 5. The van der Waals surface area contributed by atoms with Crippen molar-refractivity contribution in [3.63, 3.8) is 0 Å². The van der Waals surface area contributed by atoms with Crippen molar-refractivity contribution < 1.29 is 22.7 Å². The van der Waals surface area contributed by atoms with E-state index in [-0.39, 0.29) is 17.1 Å². The van der Waals surface area contributed by atoms with E-state index in [0.717, 1.165) is 18.4 Å². The van der Waals surface area contributed by atoms with Gasteiger partial charge >= 0.3 is 5.97 Å². The number of halogens is 1. The van der Waals surface area contributed by atoms with Gasteiger partial charge in [0.05, 0.1) is 23.1 Å². The Morgan fingerprint density at radius 2 is 1.76 bits per heavy atom. The second-order valence-electron chi connectivity index (χ2n) is 8.38. The minimum atomic E-state index is -3.63. The first-order valence-electron chi connectivity index (χ1n) is 11.2. The molecule has 3 aromatic rings. The predicted octanol–water partition coefficient (Wildman–Crippen LogP) is 4.16. The fraction of sp³-hybridized carbons (Fsp3) is 0.320. The first kappa shape index (κ1) is 24.0. The van der Waals surface area contributed by atoms with Crippen LogP contribution < -0.4 is 0 Å². The number of carbonyl (C=O) groups is 1. The third kappa shape index (κ3) is 5.66. The summed E-state index contributed by atoms with van der Waals surface area (Å²) in [4.78, 5) is 20.6. The van der Waals surface area contributed by atoms with Gasteiger partial charge in [-0.15, -0.1) is 0 Å². The summed E-state index contributed by atoms with van der Waals surface area (Å²) in [6, 6.07) is 14.5. The van der Waals surface area contributed by atoms with Crippen molar-refractivity contribution in [3.8, 4) is 0 Å². The molecule has 1 aliphatic rings. The molecule has 0 saturated carbocycles. The molecule has 2 aromatic carbocycles. The maximum atomic E-state index is 13.3. The van der Waals surface area contributed by atoms with Crippen LogP contribution in [0, 0.1) is 5.82 Å². The van der Waals surface area contributed by atoms with Gasteiger partial charge in [0.1, 0.15) is 11.6 Å². The lowest BCUT2D eigenvalue weighted by Crippen LogP contribution is -2.40. The minimum absolute atomic E-state index is 0.0136. The van der Waals surface area contributed by atoms with Crippen LogP contribution in [0.15, 0.2) is 60.8 Å². The number of aryl methyl sites for hydroxylation is 2. The molecule has 1 atom stereocenters. The molecule has 0 amide bonds. The van der Waals surface area contributed by atoms with Gasteiger partial charge in [-0.3, -0.25) is 0 Å². The molecule has 0 radical (unpaired) electrons. The van der Waals surface area contributed by atoms with Crippen LogP contribution >= 0.6 is 0 Å². The van der Waals surface area contributed by atoms with Crippen LogP contribution in [0.3, 0.4) is 0 Å². The van der Waals surface area contributed by atoms with Gasteiger partial charge in [-0.05, 0) is 48.9 Å². The van der Waals surface area contributed by atoms with Crippen molar-refractivity contribution in [3.05, 3.63) is 94.8 Å². The number of piperidine rings is 1. The average Bonchev–Trinajstić information content (AvgIpc) is 2.84. The summed E-state index contributed by atoms with van der Waals surface area (Å²) in [6.07, 6.45) is 4.19. The van der Waals surface area contributed by atoms with E-state index < -0.39 is 22.0 Å². The molecular formula is C25H26FN3O4S. The molecular weight excluding hydrogens is 457 g/mol. The number of aromatic carboxylic acids is 1. The molecule has 4 rings (SSSR count). The summed E-state index contributed by atoms with van der Waals surface area (Å²) in [5, 5.41) is 9.61. The number of nitrogens with zero attached hydrogens (tertiary/aromatic N) is 3. The van der Waals surface area contributed by atoms with E-state index in [2.05, 4.69) is 9.97 Å². The van der Waals surface area contributed by atoms with Crippen LogP contribution in [0.25, 0.3) is 0 Å². The van der Waals surface area contributed by atoms with Crippen molar-refractivity contribution in [2.45, 2.75) is 43.9 Å². The normalized spacial score (nSPS) is 16.9. The van der Waals surface area contributed by atoms with Gasteiger partial charge in [0.15, 0.2) is 0 Å². The first-order chi connectivity index (χ1) is 16.3. The fourth-order valence-electron chi connectivity index (χ4n) is 4.24. The van der Waals surface area contributed by atoms with E-state index in [1.807, 2.05) is 6.07 Å².